The summed E-state index contributed by atoms with van der Waals surface area (Å²) in [4.78, 5) is 4.18. The molecule has 12 heavy (non-hydrogen) atoms. The zero-order valence-corrected chi connectivity index (χ0v) is 6.10. The number of hydrogen-bond acceptors (Lipinski definition) is 4. The quantitative estimate of drug-likeness (QED) is 0.534. The summed E-state index contributed by atoms with van der Waals surface area (Å²) in [5.74, 6) is 0. The van der Waals surface area contributed by atoms with Crippen LogP contribution in [-0.2, 0) is 0 Å². The fourth-order valence-electron chi connectivity index (χ4n) is 1.34. The van der Waals surface area contributed by atoms with E-state index in [2.05, 4.69) is 20.4 Å². The average molecular weight is 156 g/mol. The largest absolute Gasteiger partial charge is 0.254 e. The summed E-state index contributed by atoms with van der Waals surface area (Å²) < 4.78 is 0. The van der Waals surface area contributed by atoms with Gasteiger partial charge in [0.25, 0.3) is 0 Å². The van der Waals surface area contributed by atoms with Gasteiger partial charge in [0.1, 0.15) is 16.7 Å². The lowest BCUT2D eigenvalue weighted by molar-refractivity contribution is 1.08. The van der Waals surface area contributed by atoms with E-state index in [0.29, 0.717) is 0 Å². The van der Waals surface area contributed by atoms with Crippen LogP contribution in [0.15, 0.2) is 32.6 Å². The highest BCUT2D eigenvalue weighted by Gasteiger charge is 2.10. The van der Waals surface area contributed by atoms with Crippen LogP contribution in [0.5, 0.6) is 0 Å². The predicted molar refractivity (Wildman–Crippen MR) is 44.4 cm³/mol. The Balaban J connectivity index is 2.57. The van der Waals surface area contributed by atoms with Crippen molar-refractivity contribution >= 4 is 23.7 Å². The lowest BCUT2D eigenvalue weighted by Crippen LogP contribution is -2.05. The minimum atomic E-state index is 0.789. The van der Waals surface area contributed by atoms with Crippen molar-refractivity contribution in [2.45, 2.75) is 0 Å². The molecule has 0 radical (unpaired) electrons. The fraction of sp³-hybridized carbons (Fsp3) is 0. The van der Waals surface area contributed by atoms with E-state index >= 15 is 0 Å². The molecule has 0 aliphatic carbocycles. The lowest BCUT2D eigenvalue weighted by Gasteiger charge is -1.91. The molecular formula is C8H4N4. The van der Waals surface area contributed by atoms with Crippen LogP contribution in [0.4, 0.5) is 11.4 Å². The van der Waals surface area contributed by atoms with Crippen molar-refractivity contribution in [1.29, 1.82) is 0 Å². The second kappa shape index (κ2) is 1.85. The van der Waals surface area contributed by atoms with Gasteiger partial charge in [-0.1, -0.05) is 6.07 Å². The molecule has 0 saturated carbocycles. The maximum Gasteiger partial charge on any atom is 0.141 e. The summed E-state index contributed by atoms with van der Waals surface area (Å²) in [7, 11) is 0. The van der Waals surface area contributed by atoms with Gasteiger partial charge in [-0.15, -0.1) is 10.2 Å². The average Bonchev–Trinajstić information content (AvgIpc) is 2.71. The molecular weight excluding hydrogens is 152 g/mol. The molecule has 0 fully saturated rings. The maximum atomic E-state index is 4.18. The molecule has 0 bridgehead atoms. The molecule has 3 rings (SSSR count). The molecule has 1 aromatic rings. The SMILES string of the molecule is C1=Nc2c3c(ccc2=C1)=NN=N3. The van der Waals surface area contributed by atoms with E-state index in [1.807, 2.05) is 18.2 Å². The zero-order valence-electron chi connectivity index (χ0n) is 6.10. The standard InChI is InChI=1S/C8H4N4/c1-2-6-8(11-12-10-6)7-5(1)3-4-9-7/h1-4H. The molecule has 2 aliphatic heterocycles. The van der Waals surface area contributed by atoms with Crippen molar-refractivity contribution in [3.05, 3.63) is 22.7 Å². The number of benzene rings is 1. The van der Waals surface area contributed by atoms with Crippen molar-refractivity contribution in [1.82, 2.24) is 0 Å². The van der Waals surface area contributed by atoms with Crippen LogP contribution >= 0.6 is 0 Å². The van der Waals surface area contributed by atoms with Crippen molar-refractivity contribution in [2.75, 3.05) is 0 Å². The minimum absolute atomic E-state index is 0.789. The molecule has 0 unspecified atom stereocenters. The van der Waals surface area contributed by atoms with E-state index in [1.165, 1.54) is 0 Å². The number of nitrogens with zero attached hydrogens (tertiary/aromatic N) is 4. The third kappa shape index (κ3) is 0.567. The monoisotopic (exact) mass is 156 g/mol. The molecule has 0 atom stereocenters. The highest BCUT2D eigenvalue weighted by atomic mass is 15.4. The van der Waals surface area contributed by atoms with Gasteiger partial charge in [-0.25, -0.2) is 0 Å². The summed E-state index contributed by atoms with van der Waals surface area (Å²) in [6.07, 6.45) is 3.71. The molecule has 2 heterocycles. The van der Waals surface area contributed by atoms with Crippen LogP contribution in [0, 0.1) is 0 Å². The summed E-state index contributed by atoms with van der Waals surface area (Å²) in [6.45, 7) is 0. The van der Waals surface area contributed by atoms with E-state index in [1.54, 1.807) is 6.21 Å². The van der Waals surface area contributed by atoms with Crippen LogP contribution in [0.1, 0.15) is 0 Å². The van der Waals surface area contributed by atoms with E-state index in [-0.39, 0.29) is 0 Å². The third-order valence-corrected chi connectivity index (χ3v) is 1.92. The van der Waals surface area contributed by atoms with Gasteiger partial charge in [-0.3, -0.25) is 4.99 Å². The van der Waals surface area contributed by atoms with E-state index in [0.717, 1.165) is 22.0 Å². The van der Waals surface area contributed by atoms with E-state index in [9.17, 15) is 0 Å². The normalized spacial score (nSPS) is 15.3. The number of hydrogen-bond donors (Lipinski definition) is 0. The molecule has 4 heteroatoms. The summed E-state index contributed by atoms with van der Waals surface area (Å²) in [5, 5.41) is 13.2. The van der Waals surface area contributed by atoms with Gasteiger partial charge in [0.2, 0.25) is 0 Å². The predicted octanol–water partition coefficient (Wildman–Crippen LogP) is 0.815. The molecule has 0 amide bonds. The number of aliphatic imine (C=N–C) groups is 1. The second-order valence-corrected chi connectivity index (χ2v) is 2.61. The molecule has 2 aliphatic rings. The van der Waals surface area contributed by atoms with Crippen LogP contribution in [0.2, 0.25) is 0 Å². The van der Waals surface area contributed by atoms with E-state index < -0.39 is 0 Å². The highest BCUT2D eigenvalue weighted by Crippen LogP contribution is 2.23. The summed E-state index contributed by atoms with van der Waals surface area (Å²) in [5.41, 5.74) is 1.68. The molecule has 4 nitrogen and oxygen atoms in total. The van der Waals surface area contributed by atoms with Crippen molar-refractivity contribution in [3.8, 4) is 0 Å². The Labute approximate surface area is 67.7 Å². The smallest absolute Gasteiger partial charge is 0.141 e. The molecule has 56 valence electrons. The summed E-state index contributed by atoms with van der Waals surface area (Å²) >= 11 is 0. The first-order valence-corrected chi connectivity index (χ1v) is 3.61. The van der Waals surface area contributed by atoms with Gasteiger partial charge in [0.15, 0.2) is 0 Å². The second-order valence-electron chi connectivity index (χ2n) is 2.61. The van der Waals surface area contributed by atoms with Crippen molar-refractivity contribution in [2.24, 2.45) is 20.4 Å². The zero-order chi connectivity index (χ0) is 7.97. The van der Waals surface area contributed by atoms with Crippen LogP contribution < -0.4 is 10.6 Å². The summed E-state index contributed by atoms with van der Waals surface area (Å²) in [6, 6.07) is 3.88. The lowest BCUT2D eigenvalue weighted by atomic mass is 10.2. The van der Waals surface area contributed by atoms with Gasteiger partial charge in [-0.2, -0.15) is 0 Å². The Morgan fingerprint density at radius 2 is 2.08 bits per heavy atom. The first-order chi connectivity index (χ1) is 5.95. The molecule has 1 aromatic carbocycles. The fourth-order valence-corrected chi connectivity index (χ4v) is 1.34. The van der Waals surface area contributed by atoms with Gasteiger partial charge in [0, 0.05) is 11.4 Å². The molecule has 0 aromatic heterocycles. The number of rotatable bonds is 0. The van der Waals surface area contributed by atoms with Crippen molar-refractivity contribution in [3.63, 3.8) is 0 Å². The first kappa shape index (κ1) is 5.77. The number of fused-ring (bicyclic) bond motifs is 3. The van der Waals surface area contributed by atoms with Crippen molar-refractivity contribution < 1.29 is 0 Å². The Hall–Kier alpha value is -1.84. The highest BCUT2D eigenvalue weighted by molar-refractivity contribution is 5.98. The van der Waals surface area contributed by atoms with Gasteiger partial charge < -0.3 is 0 Å². The van der Waals surface area contributed by atoms with Gasteiger partial charge in [-0.05, 0) is 17.4 Å². The van der Waals surface area contributed by atoms with Gasteiger partial charge >= 0.3 is 0 Å². The topological polar surface area (TPSA) is 49.4 Å². The Bertz CT molecular complexity index is 476. The molecule has 0 spiro atoms. The van der Waals surface area contributed by atoms with Crippen LogP contribution in [0.3, 0.4) is 0 Å². The Kier molecular flexibility index (Phi) is 0.889. The van der Waals surface area contributed by atoms with Gasteiger partial charge in [0.05, 0.1) is 0 Å². The Morgan fingerprint density at radius 1 is 1.08 bits per heavy atom. The first-order valence-electron chi connectivity index (χ1n) is 3.61. The molecule has 0 N–H and O–H groups in total. The van der Waals surface area contributed by atoms with Crippen LogP contribution in [-0.4, -0.2) is 6.21 Å². The molecule has 0 saturated heterocycles. The van der Waals surface area contributed by atoms with E-state index in [4.69, 9.17) is 0 Å². The minimum Gasteiger partial charge on any atom is -0.254 e. The Morgan fingerprint density at radius 3 is 3.08 bits per heavy atom. The maximum absolute atomic E-state index is 4.18. The third-order valence-electron chi connectivity index (χ3n) is 1.92. The van der Waals surface area contributed by atoms with Crippen LogP contribution in [0.25, 0.3) is 6.08 Å².